The van der Waals surface area contributed by atoms with E-state index in [1.54, 1.807) is 6.08 Å². The van der Waals surface area contributed by atoms with Gasteiger partial charge in [0.25, 0.3) is 0 Å². The minimum absolute atomic E-state index is 0.302. The van der Waals surface area contributed by atoms with E-state index in [4.69, 9.17) is 0 Å². The highest BCUT2D eigenvalue weighted by Crippen LogP contribution is 2.30. The largest absolute Gasteiger partial charge is 0.466 e. The van der Waals surface area contributed by atoms with Crippen molar-refractivity contribution in [1.29, 1.82) is 0 Å². The van der Waals surface area contributed by atoms with Crippen LogP contribution in [-0.2, 0) is 9.53 Å². The third-order valence-electron chi connectivity index (χ3n) is 3.85. The number of methoxy groups -OCH3 is 1. The molecular weight excluding hydrogens is 248 g/mol. The van der Waals surface area contributed by atoms with Crippen LogP contribution in [0.5, 0.6) is 0 Å². The van der Waals surface area contributed by atoms with Crippen molar-refractivity contribution < 1.29 is 9.53 Å². The van der Waals surface area contributed by atoms with Gasteiger partial charge in [0.15, 0.2) is 0 Å². The lowest BCUT2D eigenvalue weighted by Gasteiger charge is -2.23. The molecule has 2 heteroatoms. The Morgan fingerprint density at radius 3 is 2.50 bits per heavy atom. The average Bonchev–Trinajstić information content (AvgIpc) is 2.50. The van der Waals surface area contributed by atoms with E-state index in [0.29, 0.717) is 5.92 Å². The molecule has 0 radical (unpaired) electrons. The fraction of sp³-hybridized carbons (Fsp3) is 0.611. The molecule has 0 aromatic heterocycles. The lowest BCUT2D eigenvalue weighted by Crippen LogP contribution is -2.08. The Hall–Kier alpha value is -1.31. The Kier molecular flexibility index (Phi) is 8.77. The highest BCUT2D eigenvalue weighted by atomic mass is 16.5. The first-order valence-electron chi connectivity index (χ1n) is 7.90. The summed E-state index contributed by atoms with van der Waals surface area (Å²) in [6, 6.07) is 0. The van der Waals surface area contributed by atoms with Gasteiger partial charge in [0.05, 0.1) is 7.11 Å². The molecule has 1 fully saturated rings. The highest BCUT2D eigenvalue weighted by molar-refractivity contribution is 5.82. The number of rotatable bonds is 7. The van der Waals surface area contributed by atoms with Crippen molar-refractivity contribution in [2.75, 3.05) is 7.11 Å². The standard InChI is InChI=1S/C18H28O2/c1-3-4-6-11-16(17-12-7-5-8-13-17)14-9-10-15-18(19)20-2/h9-11,14-15,17H,3-8,12-13H2,1-2H3/b14-9+,15-10+,16-11-. The second-order valence-corrected chi connectivity index (χ2v) is 5.42. The van der Waals surface area contributed by atoms with Crippen LogP contribution < -0.4 is 0 Å². The van der Waals surface area contributed by atoms with Gasteiger partial charge in [-0.15, -0.1) is 0 Å². The lowest BCUT2D eigenvalue weighted by molar-refractivity contribution is -0.134. The first-order chi connectivity index (χ1) is 9.77. The van der Waals surface area contributed by atoms with Crippen molar-refractivity contribution in [3.63, 3.8) is 0 Å². The Bertz CT molecular complexity index is 358. The molecule has 112 valence electrons. The van der Waals surface area contributed by atoms with Gasteiger partial charge in [-0.3, -0.25) is 0 Å². The number of carbonyl (C=O) groups is 1. The zero-order valence-electron chi connectivity index (χ0n) is 12.9. The van der Waals surface area contributed by atoms with Crippen molar-refractivity contribution in [3.05, 3.63) is 36.0 Å². The Morgan fingerprint density at radius 1 is 1.15 bits per heavy atom. The molecular formula is C18H28O2. The fourth-order valence-electron chi connectivity index (χ4n) is 2.65. The van der Waals surface area contributed by atoms with Gasteiger partial charge in [-0.25, -0.2) is 4.79 Å². The number of hydrogen-bond donors (Lipinski definition) is 0. The normalized spacial score (nSPS) is 18.0. The van der Waals surface area contributed by atoms with Crippen molar-refractivity contribution in [1.82, 2.24) is 0 Å². The summed E-state index contributed by atoms with van der Waals surface area (Å²) in [5.74, 6) is 0.409. The average molecular weight is 276 g/mol. The molecule has 1 saturated carbocycles. The maximum absolute atomic E-state index is 11.0. The van der Waals surface area contributed by atoms with Crippen LogP contribution >= 0.6 is 0 Å². The van der Waals surface area contributed by atoms with Crippen molar-refractivity contribution >= 4 is 5.97 Å². The molecule has 0 aromatic carbocycles. The van der Waals surface area contributed by atoms with E-state index in [0.717, 1.165) is 6.42 Å². The summed E-state index contributed by atoms with van der Waals surface area (Å²) in [7, 11) is 1.40. The second kappa shape index (κ2) is 10.5. The maximum atomic E-state index is 11.0. The smallest absolute Gasteiger partial charge is 0.330 e. The molecule has 0 atom stereocenters. The number of allylic oxidation sites excluding steroid dienone is 5. The van der Waals surface area contributed by atoms with Gasteiger partial charge >= 0.3 is 5.97 Å². The van der Waals surface area contributed by atoms with Crippen LogP contribution in [0.3, 0.4) is 0 Å². The molecule has 0 unspecified atom stereocenters. The SMILES string of the molecule is CCCC/C=C(/C=C/C=C/C(=O)OC)C1CCCCC1. The monoisotopic (exact) mass is 276 g/mol. The fourth-order valence-corrected chi connectivity index (χ4v) is 2.65. The summed E-state index contributed by atoms with van der Waals surface area (Å²) in [6.07, 6.45) is 20.1. The van der Waals surface area contributed by atoms with E-state index in [1.165, 1.54) is 63.7 Å². The third-order valence-corrected chi connectivity index (χ3v) is 3.85. The van der Waals surface area contributed by atoms with Crippen LogP contribution in [0.15, 0.2) is 36.0 Å². The van der Waals surface area contributed by atoms with Gasteiger partial charge in [-0.2, -0.15) is 0 Å². The number of carbonyl (C=O) groups excluding carboxylic acids is 1. The van der Waals surface area contributed by atoms with Gasteiger partial charge in [0.2, 0.25) is 0 Å². The molecule has 1 rings (SSSR count). The molecule has 0 bridgehead atoms. The quantitative estimate of drug-likeness (QED) is 0.284. The van der Waals surface area contributed by atoms with Crippen LogP contribution in [0.2, 0.25) is 0 Å². The predicted molar refractivity (Wildman–Crippen MR) is 84.5 cm³/mol. The van der Waals surface area contributed by atoms with Crippen LogP contribution in [0.1, 0.15) is 58.3 Å². The van der Waals surface area contributed by atoms with Crippen molar-refractivity contribution in [3.8, 4) is 0 Å². The molecule has 1 aliphatic carbocycles. The minimum Gasteiger partial charge on any atom is -0.466 e. The highest BCUT2D eigenvalue weighted by Gasteiger charge is 2.15. The van der Waals surface area contributed by atoms with Crippen LogP contribution in [0.25, 0.3) is 0 Å². The van der Waals surface area contributed by atoms with Gasteiger partial charge in [-0.05, 0) is 30.8 Å². The number of hydrogen-bond acceptors (Lipinski definition) is 2. The number of ether oxygens (including phenoxy) is 1. The summed E-state index contributed by atoms with van der Waals surface area (Å²) >= 11 is 0. The van der Waals surface area contributed by atoms with E-state index in [1.807, 2.05) is 6.08 Å². The minimum atomic E-state index is -0.302. The topological polar surface area (TPSA) is 26.3 Å². The second-order valence-electron chi connectivity index (χ2n) is 5.42. The summed E-state index contributed by atoms with van der Waals surface area (Å²) in [6.45, 7) is 2.23. The molecule has 0 aromatic rings. The summed E-state index contributed by atoms with van der Waals surface area (Å²) in [5.41, 5.74) is 1.45. The number of unbranched alkanes of at least 4 members (excludes halogenated alkanes) is 2. The van der Waals surface area contributed by atoms with Gasteiger partial charge in [0, 0.05) is 6.08 Å². The zero-order chi connectivity index (χ0) is 14.6. The molecule has 0 saturated heterocycles. The van der Waals surface area contributed by atoms with Crippen LogP contribution in [0.4, 0.5) is 0 Å². The lowest BCUT2D eigenvalue weighted by atomic mass is 9.83. The van der Waals surface area contributed by atoms with Crippen LogP contribution in [0, 0.1) is 5.92 Å². The molecule has 0 N–H and O–H groups in total. The predicted octanol–water partition coefficient (Wildman–Crippen LogP) is 4.97. The van der Waals surface area contributed by atoms with Crippen molar-refractivity contribution in [2.24, 2.45) is 5.92 Å². The number of esters is 1. The zero-order valence-corrected chi connectivity index (χ0v) is 12.9. The summed E-state index contributed by atoms with van der Waals surface area (Å²) in [5, 5.41) is 0. The summed E-state index contributed by atoms with van der Waals surface area (Å²) < 4.78 is 4.58. The van der Waals surface area contributed by atoms with E-state index in [2.05, 4.69) is 23.8 Å². The maximum Gasteiger partial charge on any atom is 0.330 e. The summed E-state index contributed by atoms with van der Waals surface area (Å²) in [4.78, 5) is 11.0. The molecule has 2 nitrogen and oxygen atoms in total. The first-order valence-corrected chi connectivity index (χ1v) is 7.90. The Balaban J connectivity index is 2.61. The van der Waals surface area contributed by atoms with E-state index in [-0.39, 0.29) is 5.97 Å². The molecule has 0 aliphatic heterocycles. The Morgan fingerprint density at radius 2 is 1.85 bits per heavy atom. The van der Waals surface area contributed by atoms with Gasteiger partial charge in [0.1, 0.15) is 0 Å². The Labute approximate surface area is 123 Å². The molecule has 0 amide bonds. The molecule has 1 aliphatic rings. The molecule has 0 heterocycles. The first kappa shape index (κ1) is 16.7. The van der Waals surface area contributed by atoms with Gasteiger partial charge in [-0.1, -0.05) is 63.3 Å². The molecule has 20 heavy (non-hydrogen) atoms. The van der Waals surface area contributed by atoms with Crippen LogP contribution in [-0.4, -0.2) is 13.1 Å². The van der Waals surface area contributed by atoms with E-state index < -0.39 is 0 Å². The molecule has 0 spiro atoms. The van der Waals surface area contributed by atoms with E-state index >= 15 is 0 Å². The van der Waals surface area contributed by atoms with Gasteiger partial charge < -0.3 is 4.74 Å². The van der Waals surface area contributed by atoms with Crippen molar-refractivity contribution in [2.45, 2.75) is 58.3 Å². The van der Waals surface area contributed by atoms with E-state index in [9.17, 15) is 4.79 Å². The third kappa shape index (κ3) is 6.74.